The molecule has 15 heavy (non-hydrogen) atoms. The fourth-order valence-corrected chi connectivity index (χ4v) is 2.22. The van der Waals surface area contributed by atoms with Crippen LogP contribution in [-0.4, -0.2) is 23.4 Å². The Kier molecular flexibility index (Phi) is 2.74. The summed E-state index contributed by atoms with van der Waals surface area (Å²) in [4.78, 5) is 14.9. The minimum atomic E-state index is 0.152. The molecule has 0 spiro atoms. The van der Waals surface area contributed by atoms with Gasteiger partial charge in [-0.2, -0.15) is 0 Å². The number of amides is 1. The zero-order chi connectivity index (χ0) is 11.0. The van der Waals surface area contributed by atoms with E-state index in [9.17, 15) is 4.79 Å². The minimum absolute atomic E-state index is 0.152. The number of benzene rings is 1. The van der Waals surface area contributed by atoms with E-state index in [1.165, 1.54) is 0 Å². The van der Waals surface area contributed by atoms with Crippen molar-refractivity contribution in [2.75, 3.05) is 6.54 Å². The molecule has 1 aliphatic rings. The first-order valence-electron chi connectivity index (χ1n) is 5.22. The number of fused-ring (bicyclic) bond motifs is 1. The Balaban J connectivity index is 2.39. The third-order valence-corrected chi connectivity index (χ3v) is 3.10. The number of rotatable bonds is 1. The second-order valence-corrected chi connectivity index (χ2v) is 4.70. The molecule has 80 valence electrons. The molecule has 2 nitrogen and oxygen atoms in total. The number of nitrogens with zero attached hydrogens (tertiary/aromatic N) is 1. The average molecular weight is 221 g/mol. The molecule has 3 heteroatoms. The average Bonchev–Trinajstić information content (AvgIpc) is 2.17. The summed E-state index contributed by atoms with van der Waals surface area (Å²) in [6.07, 6.45) is 0.938. The van der Waals surface area contributed by atoms with Crippen LogP contribution in [0.5, 0.6) is 0 Å². The Morgan fingerprint density at radius 2 is 2.13 bits per heavy atom. The largest absolute Gasteiger partial charge is 0.336 e. The molecule has 0 N–H and O–H groups in total. The first-order valence-corrected chi connectivity index (χ1v) is 5.67. The van der Waals surface area contributed by atoms with Crippen LogP contribution < -0.4 is 0 Å². The molecule has 0 fully saturated rings. The van der Waals surface area contributed by atoms with Gasteiger partial charge >= 0.3 is 0 Å². The number of carbonyl (C=O) groups excluding carboxylic acids is 1. The van der Waals surface area contributed by atoms with Crippen molar-refractivity contribution in [2.24, 2.45) is 0 Å². The molecule has 0 saturated heterocycles. The van der Waals surface area contributed by atoms with E-state index in [1.807, 2.05) is 23.1 Å². The van der Waals surface area contributed by atoms with E-state index in [0.717, 1.165) is 29.0 Å². The molecule has 0 saturated carbocycles. The van der Waals surface area contributed by atoms with Crippen LogP contribution in [0.1, 0.15) is 29.8 Å². The summed E-state index contributed by atoms with van der Waals surface area (Å²) in [6, 6.07) is 6.04. The van der Waals surface area contributed by atoms with E-state index in [0.29, 0.717) is 0 Å². The summed E-state index contributed by atoms with van der Waals surface area (Å²) >= 11 is 4.29. The smallest absolute Gasteiger partial charge is 0.254 e. The van der Waals surface area contributed by atoms with E-state index in [-0.39, 0.29) is 11.9 Å². The van der Waals surface area contributed by atoms with Crippen LogP contribution in [0, 0.1) is 0 Å². The van der Waals surface area contributed by atoms with Gasteiger partial charge in [0.05, 0.1) is 0 Å². The van der Waals surface area contributed by atoms with Crippen LogP contribution in [0.2, 0.25) is 0 Å². The van der Waals surface area contributed by atoms with Crippen LogP contribution in [0.25, 0.3) is 0 Å². The molecule has 0 atom stereocenters. The lowest BCUT2D eigenvalue weighted by molar-refractivity contribution is 0.0688. The third-order valence-electron chi connectivity index (χ3n) is 2.83. The summed E-state index contributed by atoms with van der Waals surface area (Å²) < 4.78 is 0. The first kappa shape index (κ1) is 10.6. The Labute approximate surface area is 95.7 Å². The van der Waals surface area contributed by atoms with Crippen molar-refractivity contribution in [1.29, 1.82) is 0 Å². The maximum absolute atomic E-state index is 12.1. The van der Waals surface area contributed by atoms with Gasteiger partial charge in [0.25, 0.3) is 5.91 Å². The lowest BCUT2D eigenvalue weighted by Gasteiger charge is -2.31. The van der Waals surface area contributed by atoms with Gasteiger partial charge in [0, 0.05) is 23.0 Å². The zero-order valence-electron chi connectivity index (χ0n) is 9.03. The summed E-state index contributed by atoms with van der Waals surface area (Å²) in [5.74, 6) is 0.152. The van der Waals surface area contributed by atoms with Crippen LogP contribution in [0.4, 0.5) is 0 Å². The second kappa shape index (κ2) is 3.89. The molecule has 1 amide bonds. The fraction of sp³-hybridized carbons (Fsp3) is 0.417. The number of hydrogen-bond donors (Lipinski definition) is 1. The van der Waals surface area contributed by atoms with E-state index in [1.54, 1.807) is 0 Å². The zero-order valence-corrected chi connectivity index (χ0v) is 9.92. The van der Waals surface area contributed by atoms with Crippen LogP contribution in [0.3, 0.4) is 0 Å². The van der Waals surface area contributed by atoms with Gasteiger partial charge in [-0.3, -0.25) is 4.79 Å². The highest BCUT2D eigenvalue weighted by atomic mass is 32.1. The van der Waals surface area contributed by atoms with Crippen molar-refractivity contribution in [2.45, 2.75) is 31.2 Å². The van der Waals surface area contributed by atoms with Gasteiger partial charge < -0.3 is 4.90 Å². The van der Waals surface area contributed by atoms with E-state index in [4.69, 9.17) is 0 Å². The van der Waals surface area contributed by atoms with Crippen LogP contribution >= 0.6 is 12.6 Å². The molecule has 0 aromatic heterocycles. The van der Waals surface area contributed by atoms with Gasteiger partial charge in [-0.1, -0.05) is 0 Å². The van der Waals surface area contributed by atoms with E-state index in [2.05, 4.69) is 26.5 Å². The van der Waals surface area contributed by atoms with Gasteiger partial charge in [-0.05, 0) is 44.0 Å². The SMILES string of the molecule is CC(C)N1CCc2cc(S)ccc2C1=O. The monoisotopic (exact) mass is 221 g/mol. The van der Waals surface area contributed by atoms with Gasteiger partial charge in [0.15, 0.2) is 0 Å². The lowest BCUT2D eigenvalue weighted by atomic mass is 9.98. The van der Waals surface area contributed by atoms with Crippen molar-refractivity contribution < 1.29 is 4.79 Å². The normalized spacial score (nSPS) is 15.7. The molecule has 1 heterocycles. The third kappa shape index (κ3) is 1.88. The summed E-state index contributed by atoms with van der Waals surface area (Å²) in [5.41, 5.74) is 1.97. The molecule has 0 bridgehead atoms. The number of hydrogen-bond acceptors (Lipinski definition) is 2. The summed E-state index contributed by atoms with van der Waals surface area (Å²) in [5, 5.41) is 0. The predicted octanol–water partition coefficient (Wildman–Crippen LogP) is 2.38. The molecule has 1 aromatic rings. The van der Waals surface area contributed by atoms with Gasteiger partial charge in [-0.25, -0.2) is 0 Å². The van der Waals surface area contributed by atoms with Crippen LogP contribution in [0.15, 0.2) is 23.1 Å². The molecule has 0 aliphatic carbocycles. The number of thiol groups is 1. The standard InChI is InChI=1S/C12H15NOS/c1-8(2)13-6-5-9-7-10(15)3-4-11(9)12(13)14/h3-4,7-8,15H,5-6H2,1-2H3. The Hall–Kier alpha value is -0.960. The fourth-order valence-electron chi connectivity index (χ4n) is 1.99. The van der Waals surface area contributed by atoms with E-state index < -0.39 is 0 Å². The maximum atomic E-state index is 12.1. The van der Waals surface area contributed by atoms with Crippen LogP contribution in [-0.2, 0) is 6.42 Å². The van der Waals surface area contributed by atoms with Crippen molar-refractivity contribution >= 4 is 18.5 Å². The molecule has 0 unspecified atom stereocenters. The van der Waals surface area contributed by atoms with Crippen molar-refractivity contribution in [3.63, 3.8) is 0 Å². The topological polar surface area (TPSA) is 20.3 Å². The van der Waals surface area contributed by atoms with E-state index >= 15 is 0 Å². The van der Waals surface area contributed by atoms with Gasteiger partial charge in [0.2, 0.25) is 0 Å². The maximum Gasteiger partial charge on any atom is 0.254 e. The van der Waals surface area contributed by atoms with Crippen molar-refractivity contribution in [3.05, 3.63) is 29.3 Å². The predicted molar refractivity (Wildman–Crippen MR) is 63.6 cm³/mol. The quantitative estimate of drug-likeness (QED) is 0.722. The summed E-state index contributed by atoms with van der Waals surface area (Å²) in [6.45, 7) is 4.92. The second-order valence-electron chi connectivity index (χ2n) is 4.18. The molecular formula is C12H15NOS. The number of carbonyl (C=O) groups is 1. The highest BCUT2D eigenvalue weighted by molar-refractivity contribution is 7.80. The Morgan fingerprint density at radius 3 is 2.80 bits per heavy atom. The highest BCUT2D eigenvalue weighted by Gasteiger charge is 2.25. The van der Waals surface area contributed by atoms with Crippen molar-refractivity contribution in [3.8, 4) is 0 Å². The van der Waals surface area contributed by atoms with Gasteiger partial charge in [-0.15, -0.1) is 12.6 Å². The Morgan fingerprint density at radius 1 is 1.40 bits per heavy atom. The molecular weight excluding hydrogens is 206 g/mol. The summed E-state index contributed by atoms with van der Waals surface area (Å²) in [7, 11) is 0. The highest BCUT2D eigenvalue weighted by Crippen LogP contribution is 2.22. The molecule has 2 rings (SSSR count). The Bertz CT molecular complexity index is 401. The molecule has 1 aliphatic heterocycles. The molecule has 1 aromatic carbocycles. The molecule has 0 radical (unpaired) electrons. The minimum Gasteiger partial charge on any atom is -0.336 e. The lowest BCUT2D eigenvalue weighted by Crippen LogP contribution is -2.42. The van der Waals surface area contributed by atoms with Gasteiger partial charge in [0.1, 0.15) is 0 Å². The van der Waals surface area contributed by atoms with Crippen molar-refractivity contribution in [1.82, 2.24) is 4.90 Å². The first-order chi connectivity index (χ1) is 7.09.